The van der Waals surface area contributed by atoms with Crippen LogP contribution in [0.1, 0.15) is 58.6 Å². The average Bonchev–Trinajstić information content (AvgIpc) is 3.16. The third-order valence-electron chi connectivity index (χ3n) is 4.60. The van der Waals surface area contributed by atoms with E-state index in [1.165, 1.54) is 24.1 Å². The van der Waals surface area contributed by atoms with E-state index in [1.807, 2.05) is 20.8 Å². The van der Waals surface area contributed by atoms with Crippen molar-refractivity contribution < 1.29 is 4.79 Å². The lowest BCUT2D eigenvalue weighted by Gasteiger charge is -2.22. The number of benzene rings is 1. The van der Waals surface area contributed by atoms with Gasteiger partial charge in [-0.05, 0) is 58.2 Å². The number of amides is 1. The van der Waals surface area contributed by atoms with Crippen LogP contribution in [0, 0.1) is 0 Å². The van der Waals surface area contributed by atoms with E-state index in [9.17, 15) is 4.79 Å². The molecule has 1 unspecified atom stereocenters. The van der Waals surface area contributed by atoms with E-state index in [4.69, 9.17) is 0 Å². The quantitative estimate of drug-likeness (QED) is 0.290. The molecule has 0 saturated carbocycles. The van der Waals surface area contributed by atoms with E-state index in [2.05, 4.69) is 57.0 Å². The summed E-state index contributed by atoms with van der Waals surface area (Å²) >= 11 is 0. The Hall–Kier alpha value is -1.51. The molecule has 1 aromatic rings. The van der Waals surface area contributed by atoms with Gasteiger partial charge in [-0.15, -0.1) is 24.0 Å². The van der Waals surface area contributed by atoms with Crippen LogP contribution in [-0.4, -0.2) is 44.1 Å². The summed E-state index contributed by atoms with van der Waals surface area (Å²) in [5.41, 5.74) is 2.54. The van der Waals surface area contributed by atoms with Crippen LogP contribution in [-0.2, 0) is 4.79 Å². The molecule has 7 heteroatoms. The van der Waals surface area contributed by atoms with Crippen LogP contribution in [0.2, 0.25) is 0 Å². The summed E-state index contributed by atoms with van der Waals surface area (Å²) in [5, 5.41) is 9.61. The molecule has 0 aliphatic carbocycles. The first-order chi connectivity index (χ1) is 13.0. The SMILES string of the molecule is CCNC(=NCCC(=O)NC(C)C)NC(C)c1cccc(N2CCCC2)c1.I. The number of nitrogens with one attached hydrogen (secondary N) is 3. The lowest BCUT2D eigenvalue weighted by Crippen LogP contribution is -2.39. The van der Waals surface area contributed by atoms with Crippen LogP contribution in [0.4, 0.5) is 5.69 Å². The Kier molecular flexibility index (Phi) is 11.3. The lowest BCUT2D eigenvalue weighted by atomic mass is 10.1. The van der Waals surface area contributed by atoms with Crippen LogP contribution in [0.25, 0.3) is 0 Å². The van der Waals surface area contributed by atoms with Gasteiger partial charge in [0.25, 0.3) is 0 Å². The molecule has 1 aliphatic heterocycles. The zero-order valence-electron chi connectivity index (χ0n) is 17.6. The first-order valence-corrected chi connectivity index (χ1v) is 10.2. The first-order valence-electron chi connectivity index (χ1n) is 10.2. The number of carbonyl (C=O) groups is 1. The van der Waals surface area contributed by atoms with E-state index < -0.39 is 0 Å². The van der Waals surface area contributed by atoms with Gasteiger partial charge in [-0.3, -0.25) is 9.79 Å². The van der Waals surface area contributed by atoms with Crippen molar-refractivity contribution in [2.45, 2.75) is 59.0 Å². The van der Waals surface area contributed by atoms with Crippen molar-refractivity contribution in [2.24, 2.45) is 4.99 Å². The average molecular weight is 501 g/mol. The topological polar surface area (TPSA) is 68.8 Å². The summed E-state index contributed by atoms with van der Waals surface area (Å²) in [7, 11) is 0. The molecule has 158 valence electrons. The number of hydrogen-bond donors (Lipinski definition) is 3. The highest BCUT2D eigenvalue weighted by molar-refractivity contribution is 14.0. The second-order valence-electron chi connectivity index (χ2n) is 7.39. The third kappa shape index (κ3) is 8.24. The normalized spacial score (nSPS) is 15.2. The minimum absolute atomic E-state index is 0. The van der Waals surface area contributed by atoms with Crippen LogP contribution in [0.15, 0.2) is 29.3 Å². The smallest absolute Gasteiger partial charge is 0.222 e. The van der Waals surface area contributed by atoms with Crippen molar-refractivity contribution in [1.29, 1.82) is 0 Å². The number of guanidine groups is 1. The molecule has 28 heavy (non-hydrogen) atoms. The second kappa shape index (κ2) is 12.9. The van der Waals surface area contributed by atoms with Crippen molar-refractivity contribution in [2.75, 3.05) is 31.1 Å². The maximum absolute atomic E-state index is 11.8. The van der Waals surface area contributed by atoms with Gasteiger partial charge >= 0.3 is 0 Å². The lowest BCUT2D eigenvalue weighted by molar-refractivity contribution is -0.121. The summed E-state index contributed by atoms with van der Waals surface area (Å²) < 4.78 is 0. The monoisotopic (exact) mass is 501 g/mol. The summed E-state index contributed by atoms with van der Waals surface area (Å²) in [6, 6.07) is 9.03. The van der Waals surface area contributed by atoms with Gasteiger partial charge in [-0.25, -0.2) is 0 Å². The number of rotatable bonds is 8. The molecule has 1 atom stereocenters. The number of carbonyl (C=O) groups excluding carboxylic acids is 1. The Balaban J connectivity index is 0.00000392. The highest BCUT2D eigenvalue weighted by Crippen LogP contribution is 2.23. The van der Waals surface area contributed by atoms with E-state index in [1.54, 1.807) is 0 Å². The molecule has 0 aromatic heterocycles. The van der Waals surface area contributed by atoms with Gasteiger partial charge in [0.15, 0.2) is 5.96 Å². The summed E-state index contributed by atoms with van der Waals surface area (Å²) in [5.74, 6) is 0.782. The molecule has 1 aromatic carbocycles. The van der Waals surface area contributed by atoms with E-state index in [0.29, 0.717) is 13.0 Å². The highest BCUT2D eigenvalue weighted by atomic mass is 127. The molecule has 1 saturated heterocycles. The molecule has 2 rings (SSSR count). The van der Waals surface area contributed by atoms with Gasteiger partial charge in [-0.2, -0.15) is 0 Å². The van der Waals surface area contributed by atoms with Crippen molar-refractivity contribution >= 4 is 41.5 Å². The van der Waals surface area contributed by atoms with Gasteiger partial charge in [0.1, 0.15) is 0 Å². The predicted octanol–water partition coefficient (Wildman–Crippen LogP) is 3.44. The molecule has 0 spiro atoms. The second-order valence-corrected chi connectivity index (χ2v) is 7.39. The maximum atomic E-state index is 11.8. The molecule has 1 amide bonds. The molecular weight excluding hydrogens is 465 g/mol. The van der Waals surface area contributed by atoms with Crippen molar-refractivity contribution in [3.05, 3.63) is 29.8 Å². The fourth-order valence-corrected chi connectivity index (χ4v) is 3.24. The van der Waals surface area contributed by atoms with E-state index >= 15 is 0 Å². The van der Waals surface area contributed by atoms with E-state index in [-0.39, 0.29) is 42.0 Å². The van der Waals surface area contributed by atoms with Gasteiger partial charge < -0.3 is 20.9 Å². The van der Waals surface area contributed by atoms with Crippen LogP contribution in [0.5, 0.6) is 0 Å². The molecule has 0 bridgehead atoms. The number of aliphatic imine (C=N–C) groups is 1. The molecule has 1 aliphatic rings. The van der Waals surface area contributed by atoms with Gasteiger partial charge in [0, 0.05) is 37.8 Å². The molecule has 0 radical (unpaired) electrons. The number of nitrogens with zero attached hydrogens (tertiary/aromatic N) is 2. The van der Waals surface area contributed by atoms with Crippen LogP contribution in [0.3, 0.4) is 0 Å². The van der Waals surface area contributed by atoms with Crippen molar-refractivity contribution in [3.63, 3.8) is 0 Å². The van der Waals surface area contributed by atoms with Crippen LogP contribution >= 0.6 is 24.0 Å². The number of hydrogen-bond acceptors (Lipinski definition) is 3. The molecule has 1 heterocycles. The van der Waals surface area contributed by atoms with Crippen molar-refractivity contribution in [1.82, 2.24) is 16.0 Å². The highest BCUT2D eigenvalue weighted by Gasteiger charge is 2.14. The standard InChI is InChI=1S/C21H35N5O.HI/c1-5-22-21(23-12-11-20(27)24-16(2)3)25-17(4)18-9-8-10-19(15-18)26-13-6-7-14-26;/h8-10,15-17H,5-7,11-14H2,1-4H3,(H,24,27)(H2,22,23,25);1H. The fraction of sp³-hybridized carbons (Fsp3) is 0.619. The number of halogens is 1. The molecule has 1 fully saturated rings. The fourth-order valence-electron chi connectivity index (χ4n) is 3.24. The molecular formula is C21H36IN5O. The van der Waals surface area contributed by atoms with E-state index in [0.717, 1.165) is 25.6 Å². The molecule has 6 nitrogen and oxygen atoms in total. The Morgan fingerprint density at radius 1 is 1.18 bits per heavy atom. The zero-order chi connectivity index (χ0) is 19.6. The Morgan fingerprint density at radius 3 is 2.54 bits per heavy atom. The summed E-state index contributed by atoms with van der Waals surface area (Å²) in [6.45, 7) is 11.7. The minimum atomic E-state index is 0. The van der Waals surface area contributed by atoms with Gasteiger partial charge in [-0.1, -0.05) is 12.1 Å². The molecule has 3 N–H and O–H groups in total. The van der Waals surface area contributed by atoms with Crippen molar-refractivity contribution in [3.8, 4) is 0 Å². The zero-order valence-corrected chi connectivity index (χ0v) is 20.0. The minimum Gasteiger partial charge on any atom is -0.372 e. The van der Waals surface area contributed by atoms with Gasteiger partial charge in [0.2, 0.25) is 5.91 Å². The maximum Gasteiger partial charge on any atom is 0.222 e. The van der Waals surface area contributed by atoms with Gasteiger partial charge in [0.05, 0.1) is 12.6 Å². The summed E-state index contributed by atoms with van der Waals surface area (Å²) in [6.07, 6.45) is 2.95. The predicted molar refractivity (Wildman–Crippen MR) is 129 cm³/mol. The summed E-state index contributed by atoms with van der Waals surface area (Å²) in [4.78, 5) is 18.8. The third-order valence-corrected chi connectivity index (χ3v) is 4.60. The Labute approximate surface area is 187 Å². The first kappa shape index (κ1) is 24.5. The number of anilines is 1. The Morgan fingerprint density at radius 2 is 1.89 bits per heavy atom. The van der Waals surface area contributed by atoms with Crippen LogP contribution < -0.4 is 20.9 Å². The largest absolute Gasteiger partial charge is 0.372 e. The Bertz CT molecular complexity index is 629.